The number of hydrogen-bond acceptors (Lipinski definition) is 5. The van der Waals surface area contributed by atoms with Gasteiger partial charge >= 0.3 is 0 Å². The predicted octanol–water partition coefficient (Wildman–Crippen LogP) is 4.36. The summed E-state index contributed by atoms with van der Waals surface area (Å²) in [6, 6.07) is 18.9. The van der Waals surface area contributed by atoms with Crippen molar-refractivity contribution in [2.45, 2.75) is 24.3 Å². The van der Waals surface area contributed by atoms with E-state index in [1.165, 1.54) is 22.5 Å². The first-order valence-electron chi connectivity index (χ1n) is 10.8. The van der Waals surface area contributed by atoms with Gasteiger partial charge in [-0.15, -0.1) is 0 Å². The Labute approximate surface area is 204 Å². The third-order valence-electron chi connectivity index (χ3n) is 5.69. The van der Waals surface area contributed by atoms with E-state index in [0.717, 1.165) is 16.9 Å². The van der Waals surface area contributed by atoms with Gasteiger partial charge in [-0.2, -0.15) is 0 Å². The van der Waals surface area contributed by atoms with Crippen molar-refractivity contribution in [3.63, 3.8) is 0 Å². The Morgan fingerprint density at radius 2 is 1.85 bits per heavy atom. The first-order chi connectivity index (χ1) is 16.3. The number of sulfonamides is 1. The molecule has 1 N–H and O–H groups in total. The third-order valence-corrected chi connectivity index (χ3v) is 7.79. The van der Waals surface area contributed by atoms with Crippen molar-refractivity contribution in [3.05, 3.63) is 82.9 Å². The third kappa shape index (κ3) is 4.98. The number of amides is 1. The van der Waals surface area contributed by atoms with Gasteiger partial charge in [0.05, 0.1) is 28.8 Å². The van der Waals surface area contributed by atoms with Gasteiger partial charge in [0, 0.05) is 6.54 Å². The molecule has 0 saturated carbocycles. The molecule has 1 amide bonds. The lowest BCUT2D eigenvalue weighted by atomic mass is 10.1. The van der Waals surface area contributed by atoms with Crippen molar-refractivity contribution >= 4 is 33.2 Å². The van der Waals surface area contributed by atoms with Crippen LogP contribution in [0, 0.1) is 0 Å². The van der Waals surface area contributed by atoms with Gasteiger partial charge in [-0.1, -0.05) is 41.9 Å². The zero-order chi connectivity index (χ0) is 24.3. The maximum Gasteiger partial charge on any atom is 0.264 e. The summed E-state index contributed by atoms with van der Waals surface area (Å²) in [5, 5.41) is 2.97. The predicted molar refractivity (Wildman–Crippen MR) is 131 cm³/mol. The fourth-order valence-corrected chi connectivity index (χ4v) is 5.68. The molecule has 178 valence electrons. The van der Waals surface area contributed by atoms with E-state index in [4.69, 9.17) is 21.1 Å². The van der Waals surface area contributed by atoms with Crippen molar-refractivity contribution in [1.29, 1.82) is 0 Å². The highest BCUT2D eigenvalue weighted by molar-refractivity contribution is 7.92. The van der Waals surface area contributed by atoms with Gasteiger partial charge in [0.2, 0.25) is 0 Å². The molecule has 1 aliphatic heterocycles. The fourth-order valence-electron chi connectivity index (χ4n) is 3.85. The molecular weight excluding hydrogens is 476 g/mol. The summed E-state index contributed by atoms with van der Waals surface area (Å²) in [5.41, 5.74) is 2.60. The van der Waals surface area contributed by atoms with Crippen molar-refractivity contribution in [1.82, 2.24) is 5.32 Å². The van der Waals surface area contributed by atoms with E-state index in [1.807, 2.05) is 49.4 Å². The van der Waals surface area contributed by atoms with E-state index in [1.54, 1.807) is 13.2 Å². The number of ether oxygens (including phenoxy) is 2. The second-order valence-electron chi connectivity index (χ2n) is 7.90. The Morgan fingerprint density at radius 1 is 1.12 bits per heavy atom. The SMILES string of the molecule is COc1ccc([C@@H](C)NC(=O)COc2ccc(S(=O)(=O)N3CCc4ccccc43)cc2Cl)cc1. The van der Waals surface area contributed by atoms with E-state index in [-0.39, 0.29) is 34.2 Å². The molecule has 4 rings (SSSR count). The summed E-state index contributed by atoms with van der Waals surface area (Å²) in [6.45, 7) is 1.98. The lowest BCUT2D eigenvalue weighted by molar-refractivity contribution is -0.123. The molecule has 0 aliphatic carbocycles. The Kier molecular flexibility index (Phi) is 7.00. The molecule has 9 heteroatoms. The normalized spacial score (nSPS) is 13.8. The van der Waals surface area contributed by atoms with Crippen LogP contribution in [0.25, 0.3) is 0 Å². The standard InChI is InChI=1S/C25H25ClN2O5S/c1-17(18-7-9-20(32-2)10-8-18)27-25(29)16-33-24-12-11-21(15-22(24)26)34(30,31)28-14-13-19-5-3-4-6-23(19)28/h3-12,15,17H,13-14,16H2,1-2H3,(H,27,29)/t17-/m1/s1. The van der Waals surface area contributed by atoms with Crippen molar-refractivity contribution in [3.8, 4) is 11.5 Å². The monoisotopic (exact) mass is 500 g/mol. The molecule has 1 aliphatic rings. The van der Waals surface area contributed by atoms with Gasteiger partial charge in [-0.05, 0) is 60.9 Å². The highest BCUT2D eigenvalue weighted by Gasteiger charge is 2.31. The van der Waals surface area contributed by atoms with Gasteiger partial charge in [0.25, 0.3) is 15.9 Å². The fraction of sp³-hybridized carbons (Fsp3) is 0.240. The van der Waals surface area contributed by atoms with Gasteiger partial charge < -0.3 is 14.8 Å². The minimum Gasteiger partial charge on any atom is -0.497 e. The Bertz CT molecular complexity index is 1290. The molecule has 0 aromatic heterocycles. The number of anilines is 1. The summed E-state index contributed by atoms with van der Waals surface area (Å²) in [4.78, 5) is 12.4. The van der Waals surface area contributed by atoms with Crippen molar-refractivity contribution in [2.24, 2.45) is 0 Å². The minimum atomic E-state index is -3.77. The molecule has 0 unspecified atom stereocenters. The number of hydrogen-bond donors (Lipinski definition) is 1. The number of benzene rings is 3. The van der Waals surface area contributed by atoms with Crippen LogP contribution in [0.15, 0.2) is 71.6 Å². The Morgan fingerprint density at radius 3 is 2.56 bits per heavy atom. The number of rotatable bonds is 8. The van der Waals surface area contributed by atoms with Crippen molar-refractivity contribution < 1.29 is 22.7 Å². The van der Waals surface area contributed by atoms with Crippen LogP contribution >= 0.6 is 11.6 Å². The molecule has 0 radical (unpaired) electrons. The smallest absolute Gasteiger partial charge is 0.264 e. The van der Waals surface area contributed by atoms with E-state index in [2.05, 4.69) is 5.32 Å². The summed E-state index contributed by atoms with van der Waals surface area (Å²) >= 11 is 6.30. The molecule has 0 bridgehead atoms. The van der Waals surface area contributed by atoms with E-state index < -0.39 is 10.0 Å². The zero-order valence-electron chi connectivity index (χ0n) is 18.8. The number of methoxy groups -OCH3 is 1. The summed E-state index contributed by atoms with van der Waals surface area (Å²) < 4.78 is 38.4. The quantitative estimate of drug-likeness (QED) is 0.497. The van der Waals surface area contributed by atoms with Crippen LogP contribution in [0.5, 0.6) is 11.5 Å². The number of carbonyl (C=O) groups is 1. The molecule has 3 aromatic rings. The first-order valence-corrected chi connectivity index (χ1v) is 12.6. The van der Waals surface area contributed by atoms with E-state index >= 15 is 0 Å². The number of fused-ring (bicyclic) bond motifs is 1. The van der Waals surface area contributed by atoms with Gasteiger partial charge in [-0.25, -0.2) is 8.42 Å². The molecule has 7 nitrogen and oxygen atoms in total. The highest BCUT2D eigenvalue weighted by Crippen LogP contribution is 2.35. The van der Waals surface area contributed by atoms with Crippen molar-refractivity contribution in [2.75, 3.05) is 24.6 Å². The topological polar surface area (TPSA) is 84.9 Å². The molecule has 34 heavy (non-hydrogen) atoms. The molecule has 1 heterocycles. The highest BCUT2D eigenvalue weighted by atomic mass is 35.5. The van der Waals surface area contributed by atoms with Crippen LogP contribution in [-0.2, 0) is 21.2 Å². The summed E-state index contributed by atoms with van der Waals surface area (Å²) in [6.07, 6.45) is 0.661. The minimum absolute atomic E-state index is 0.0686. The zero-order valence-corrected chi connectivity index (χ0v) is 20.4. The van der Waals surface area contributed by atoms with Gasteiger partial charge in [-0.3, -0.25) is 9.10 Å². The Hall–Kier alpha value is -3.23. The van der Waals surface area contributed by atoms with Crippen LogP contribution in [0.4, 0.5) is 5.69 Å². The van der Waals surface area contributed by atoms with Crippen LogP contribution in [0.3, 0.4) is 0 Å². The average Bonchev–Trinajstić information content (AvgIpc) is 3.28. The lowest BCUT2D eigenvalue weighted by Crippen LogP contribution is -2.31. The number of carbonyl (C=O) groups excluding carboxylic acids is 1. The van der Waals surface area contributed by atoms with Crippen LogP contribution in [0.1, 0.15) is 24.1 Å². The maximum absolute atomic E-state index is 13.2. The van der Waals surface area contributed by atoms with Crippen LogP contribution < -0.4 is 19.1 Å². The molecule has 1 atom stereocenters. The maximum atomic E-state index is 13.2. The molecule has 0 spiro atoms. The van der Waals surface area contributed by atoms with E-state index in [0.29, 0.717) is 18.7 Å². The molecule has 0 saturated heterocycles. The van der Waals surface area contributed by atoms with E-state index in [9.17, 15) is 13.2 Å². The molecule has 0 fully saturated rings. The molecular formula is C25H25ClN2O5S. The Balaban J connectivity index is 1.39. The van der Waals surface area contributed by atoms with Gasteiger partial charge in [0.15, 0.2) is 6.61 Å². The number of halogens is 1. The van der Waals surface area contributed by atoms with Crippen LogP contribution in [0.2, 0.25) is 5.02 Å². The number of para-hydroxylation sites is 1. The lowest BCUT2D eigenvalue weighted by Gasteiger charge is -2.20. The summed E-state index contributed by atoms with van der Waals surface area (Å²) in [5.74, 6) is 0.638. The number of nitrogens with zero attached hydrogens (tertiary/aromatic N) is 1. The first kappa shape index (κ1) is 23.9. The number of nitrogens with one attached hydrogen (secondary N) is 1. The molecule has 3 aromatic carbocycles. The largest absolute Gasteiger partial charge is 0.497 e. The van der Waals surface area contributed by atoms with Gasteiger partial charge in [0.1, 0.15) is 11.5 Å². The second kappa shape index (κ2) is 9.95. The summed E-state index contributed by atoms with van der Waals surface area (Å²) in [7, 11) is -2.18. The van der Waals surface area contributed by atoms with Crippen LogP contribution in [-0.4, -0.2) is 34.6 Å². The average molecular weight is 501 g/mol. The second-order valence-corrected chi connectivity index (χ2v) is 10.2.